The number of fused-ring (bicyclic) bond motifs is 1. The molecule has 2 aliphatic rings. The molecular weight excluding hydrogens is 813 g/mol. The quantitative estimate of drug-likeness (QED) is 0.0876. The van der Waals surface area contributed by atoms with Gasteiger partial charge in [0, 0.05) is 75.9 Å². The van der Waals surface area contributed by atoms with Gasteiger partial charge in [0.05, 0.1) is 28.9 Å². The number of aromatic nitrogens is 3. The maximum Gasteiger partial charge on any atom is 0.274 e. The molecule has 0 saturated carbocycles. The summed E-state index contributed by atoms with van der Waals surface area (Å²) in [6.45, 7) is 6.67. The molecule has 2 aliphatic heterocycles. The Hall–Kier alpha value is -6.03. The Bertz CT molecular complexity index is 2480. The molecular formula is C46H51ClFN9O5. The van der Waals surface area contributed by atoms with E-state index in [0.717, 1.165) is 36.9 Å². The number of nitrogens with one attached hydrogen (secondary N) is 4. The molecule has 3 aromatic carbocycles. The molecule has 0 aliphatic carbocycles. The number of carbonyl (C=O) groups is 4. The number of nitrogens with zero attached hydrogens (tertiary/aromatic N) is 5. The van der Waals surface area contributed by atoms with Gasteiger partial charge in [0.2, 0.25) is 11.8 Å². The zero-order valence-electron chi connectivity index (χ0n) is 34.7. The molecule has 2 aromatic heterocycles. The number of hydrogen-bond acceptors (Lipinski definition) is 9. The van der Waals surface area contributed by atoms with Crippen LogP contribution in [0.5, 0.6) is 0 Å². The molecule has 0 radical (unpaired) electrons. The fourth-order valence-corrected chi connectivity index (χ4v) is 8.06. The number of anilines is 1. The van der Waals surface area contributed by atoms with E-state index in [0.29, 0.717) is 79.3 Å². The van der Waals surface area contributed by atoms with Crippen molar-refractivity contribution in [3.8, 4) is 11.1 Å². The lowest BCUT2D eigenvalue weighted by molar-refractivity contribution is -0.131. The first-order valence-electron chi connectivity index (χ1n) is 21.1. The lowest BCUT2D eigenvalue weighted by atomic mass is 9.96. The van der Waals surface area contributed by atoms with Crippen LogP contribution in [0.25, 0.3) is 21.9 Å². The van der Waals surface area contributed by atoms with Crippen molar-refractivity contribution >= 4 is 51.7 Å². The number of halogens is 2. The zero-order valence-corrected chi connectivity index (χ0v) is 35.5. The predicted molar refractivity (Wildman–Crippen MR) is 237 cm³/mol. The number of aromatic amines is 1. The molecule has 14 nitrogen and oxygen atoms in total. The Morgan fingerprint density at radius 3 is 2.29 bits per heavy atom. The molecule has 0 atom stereocenters. The highest BCUT2D eigenvalue weighted by molar-refractivity contribution is 6.29. The molecule has 7 rings (SSSR count). The number of likely N-dealkylation sites (tertiary alicyclic amines) is 1. The van der Waals surface area contributed by atoms with E-state index in [1.54, 1.807) is 45.2 Å². The number of hydrogen-bond donors (Lipinski definition) is 4. The minimum absolute atomic E-state index is 0.0411. The minimum atomic E-state index is -0.621. The topological polar surface area (TPSA) is 173 Å². The SMILES string of the molecule is CCc1cccc(-c2cnc(C(=O)N3CCC(CNCCNCC(=O)N4CCN(C(=O)c5cc(Cc6n[nH]c(=O)c7ccccc67)ccc5F)CC4)CC3)c(NC(=O)CCl)c2)c1. The number of piperidine rings is 1. The first-order chi connectivity index (χ1) is 30.1. The largest absolute Gasteiger partial charge is 0.338 e. The summed E-state index contributed by atoms with van der Waals surface area (Å²) < 4.78 is 15.0. The van der Waals surface area contributed by atoms with Crippen LogP contribution in [-0.2, 0) is 22.4 Å². The maximum absolute atomic E-state index is 15.0. The maximum atomic E-state index is 15.0. The summed E-state index contributed by atoms with van der Waals surface area (Å²) in [4.78, 5) is 74.2. The van der Waals surface area contributed by atoms with E-state index >= 15 is 0 Å². The molecule has 62 heavy (non-hydrogen) atoms. The van der Waals surface area contributed by atoms with Crippen molar-refractivity contribution in [1.29, 1.82) is 0 Å². The fraction of sp³-hybridized carbons (Fsp3) is 0.370. The summed E-state index contributed by atoms with van der Waals surface area (Å²) in [7, 11) is 0. The van der Waals surface area contributed by atoms with Gasteiger partial charge in [-0.3, -0.25) is 24.0 Å². The summed E-state index contributed by atoms with van der Waals surface area (Å²) in [6.07, 6.45) is 4.48. The van der Waals surface area contributed by atoms with Crippen LogP contribution in [0.4, 0.5) is 10.1 Å². The number of aryl methyl sites for hydroxylation is 1. The van der Waals surface area contributed by atoms with E-state index in [9.17, 15) is 28.4 Å². The number of amides is 4. The number of benzene rings is 3. The Kier molecular flexibility index (Phi) is 14.7. The average Bonchev–Trinajstić information content (AvgIpc) is 3.31. The van der Waals surface area contributed by atoms with E-state index in [-0.39, 0.29) is 54.1 Å². The van der Waals surface area contributed by atoms with Crippen LogP contribution in [0.2, 0.25) is 0 Å². The summed E-state index contributed by atoms with van der Waals surface area (Å²) in [5.41, 5.74) is 4.42. The van der Waals surface area contributed by atoms with Crippen LogP contribution < -0.4 is 21.5 Å². The summed E-state index contributed by atoms with van der Waals surface area (Å²) >= 11 is 5.79. The third kappa shape index (κ3) is 10.7. The van der Waals surface area contributed by atoms with E-state index in [1.165, 1.54) is 17.7 Å². The molecule has 4 heterocycles. The Labute approximate surface area is 364 Å². The number of pyridine rings is 1. The van der Waals surface area contributed by atoms with Gasteiger partial charge >= 0.3 is 0 Å². The van der Waals surface area contributed by atoms with Gasteiger partial charge in [-0.15, -0.1) is 11.6 Å². The number of carbonyl (C=O) groups excluding carboxylic acids is 4. The second-order valence-electron chi connectivity index (χ2n) is 15.7. The van der Waals surface area contributed by atoms with Gasteiger partial charge in [0.15, 0.2) is 5.69 Å². The van der Waals surface area contributed by atoms with E-state index < -0.39 is 17.6 Å². The van der Waals surface area contributed by atoms with Crippen LogP contribution >= 0.6 is 11.6 Å². The van der Waals surface area contributed by atoms with Crippen molar-refractivity contribution in [2.75, 3.05) is 76.6 Å². The molecule has 324 valence electrons. The van der Waals surface area contributed by atoms with Crippen molar-refractivity contribution in [1.82, 2.24) is 40.5 Å². The van der Waals surface area contributed by atoms with Gasteiger partial charge in [-0.1, -0.05) is 55.5 Å². The number of H-pyrrole nitrogens is 1. The first-order valence-corrected chi connectivity index (χ1v) is 21.6. The summed E-state index contributed by atoms with van der Waals surface area (Å²) in [6, 6.07) is 21.4. The van der Waals surface area contributed by atoms with Gasteiger partial charge in [-0.05, 0) is 72.7 Å². The molecule has 0 bridgehead atoms. The molecule has 16 heteroatoms. The molecule has 2 saturated heterocycles. The van der Waals surface area contributed by atoms with Crippen molar-refractivity contribution in [2.45, 2.75) is 32.6 Å². The Morgan fingerprint density at radius 1 is 0.806 bits per heavy atom. The third-order valence-corrected chi connectivity index (χ3v) is 11.8. The normalized spacial score (nSPS) is 14.6. The molecule has 4 amide bonds. The van der Waals surface area contributed by atoms with Crippen LogP contribution in [0.1, 0.15) is 57.4 Å². The van der Waals surface area contributed by atoms with Crippen molar-refractivity contribution < 1.29 is 23.6 Å². The molecule has 0 spiro atoms. The smallest absolute Gasteiger partial charge is 0.274 e. The molecule has 4 N–H and O–H groups in total. The Balaban J connectivity index is 0.809. The first kappa shape index (κ1) is 44.0. The second kappa shape index (κ2) is 20.7. The monoisotopic (exact) mass is 863 g/mol. The van der Waals surface area contributed by atoms with Crippen LogP contribution in [0, 0.1) is 11.7 Å². The molecule has 0 unspecified atom stereocenters. The second-order valence-corrected chi connectivity index (χ2v) is 15.9. The number of alkyl halides is 1. The lowest BCUT2D eigenvalue weighted by Crippen LogP contribution is -2.52. The van der Waals surface area contributed by atoms with E-state index in [1.807, 2.05) is 24.3 Å². The van der Waals surface area contributed by atoms with Crippen molar-refractivity contribution in [3.05, 3.63) is 123 Å². The number of piperazine rings is 1. The Morgan fingerprint density at radius 2 is 1.53 bits per heavy atom. The summed E-state index contributed by atoms with van der Waals surface area (Å²) in [5.74, 6) is -1.63. The highest BCUT2D eigenvalue weighted by Crippen LogP contribution is 2.28. The molecule has 2 fully saturated rings. The zero-order chi connectivity index (χ0) is 43.6. The van der Waals surface area contributed by atoms with Crippen molar-refractivity contribution in [3.63, 3.8) is 0 Å². The highest BCUT2D eigenvalue weighted by atomic mass is 35.5. The lowest BCUT2D eigenvalue weighted by Gasteiger charge is -2.35. The highest BCUT2D eigenvalue weighted by Gasteiger charge is 2.28. The average molecular weight is 864 g/mol. The van der Waals surface area contributed by atoms with Crippen LogP contribution in [0.15, 0.2) is 83.8 Å². The fourth-order valence-electron chi connectivity index (χ4n) is 8.00. The van der Waals surface area contributed by atoms with Gasteiger partial charge < -0.3 is 30.7 Å². The standard InChI is InChI=1S/C46H51ClFN9O5/c1-2-30-6-5-7-33(22-30)34-25-40(52-41(58)26-47)43(51-28-34)46(62)56-16-12-31(13-17-56)27-49-14-15-50-29-42(59)55-18-20-57(21-19-55)45(61)37-23-32(10-11-38(37)48)24-39-35-8-3-4-9-36(35)44(60)54-53-39/h3-11,22-23,25,28,31,49-50H,2,12-21,24,26-27,29H2,1H3,(H,52,58)(H,54,60). The van der Waals surface area contributed by atoms with E-state index in [2.05, 4.69) is 50.2 Å². The van der Waals surface area contributed by atoms with Gasteiger partial charge in [-0.25, -0.2) is 14.5 Å². The van der Waals surface area contributed by atoms with Gasteiger partial charge in [0.25, 0.3) is 17.4 Å². The summed E-state index contributed by atoms with van der Waals surface area (Å²) in [5, 5.41) is 17.4. The predicted octanol–water partition coefficient (Wildman–Crippen LogP) is 4.47. The van der Waals surface area contributed by atoms with Gasteiger partial charge in [0.1, 0.15) is 11.7 Å². The number of rotatable bonds is 15. The van der Waals surface area contributed by atoms with Crippen molar-refractivity contribution in [2.24, 2.45) is 5.92 Å². The van der Waals surface area contributed by atoms with Crippen LogP contribution in [-0.4, -0.2) is 125 Å². The minimum Gasteiger partial charge on any atom is -0.338 e. The molecule has 5 aromatic rings. The third-order valence-electron chi connectivity index (χ3n) is 11.6. The van der Waals surface area contributed by atoms with Crippen LogP contribution in [0.3, 0.4) is 0 Å². The van der Waals surface area contributed by atoms with Gasteiger partial charge in [-0.2, -0.15) is 5.10 Å². The van der Waals surface area contributed by atoms with E-state index in [4.69, 9.17) is 11.6 Å².